The number of hydrogen-bond acceptors (Lipinski definition) is 8. The molecule has 30 heavy (non-hydrogen) atoms. The van der Waals surface area contributed by atoms with Crippen LogP contribution < -0.4 is 20.3 Å². The van der Waals surface area contributed by atoms with Gasteiger partial charge in [-0.2, -0.15) is 0 Å². The van der Waals surface area contributed by atoms with Crippen molar-refractivity contribution in [3.63, 3.8) is 0 Å². The highest BCUT2D eigenvalue weighted by atomic mass is 16.5. The van der Waals surface area contributed by atoms with E-state index in [0.717, 1.165) is 42.3 Å². The van der Waals surface area contributed by atoms with E-state index in [2.05, 4.69) is 25.5 Å². The molecule has 0 unspecified atom stereocenters. The Hall–Kier alpha value is -2.42. The van der Waals surface area contributed by atoms with E-state index >= 15 is 0 Å². The maximum Gasteiger partial charge on any atom is 0.134 e. The Balaban J connectivity index is 1.46. The summed E-state index contributed by atoms with van der Waals surface area (Å²) in [4.78, 5) is 10.7. The molecule has 1 aromatic heterocycles. The number of nitrogens with one attached hydrogen (secondary N) is 2. The second-order valence-corrected chi connectivity index (χ2v) is 7.55. The number of anilines is 2. The largest absolute Gasteiger partial charge is 0.491 e. The van der Waals surface area contributed by atoms with Gasteiger partial charge in [0, 0.05) is 45.9 Å². The van der Waals surface area contributed by atoms with E-state index < -0.39 is 5.60 Å². The Kier molecular flexibility index (Phi) is 8.24. The third-order valence-corrected chi connectivity index (χ3v) is 5.20. The highest BCUT2D eigenvalue weighted by Crippen LogP contribution is 2.25. The van der Waals surface area contributed by atoms with Gasteiger partial charge in [0.2, 0.25) is 0 Å². The van der Waals surface area contributed by atoms with Crippen molar-refractivity contribution in [3.05, 3.63) is 42.2 Å². The summed E-state index contributed by atoms with van der Waals surface area (Å²) >= 11 is 0. The molecule has 1 fully saturated rings. The van der Waals surface area contributed by atoms with Crippen LogP contribution in [-0.2, 0) is 11.3 Å². The van der Waals surface area contributed by atoms with Crippen molar-refractivity contribution in [1.29, 1.82) is 0 Å². The van der Waals surface area contributed by atoms with Gasteiger partial charge in [0.25, 0.3) is 0 Å². The van der Waals surface area contributed by atoms with Crippen molar-refractivity contribution < 1.29 is 14.6 Å². The van der Waals surface area contributed by atoms with Crippen LogP contribution in [0.25, 0.3) is 0 Å². The van der Waals surface area contributed by atoms with Gasteiger partial charge in [-0.3, -0.25) is 0 Å². The fraction of sp³-hybridized carbons (Fsp3) is 0.545. The molecule has 0 bridgehead atoms. The van der Waals surface area contributed by atoms with Crippen molar-refractivity contribution >= 4 is 11.6 Å². The molecule has 0 radical (unpaired) electrons. The van der Waals surface area contributed by atoms with Crippen molar-refractivity contribution in [2.45, 2.75) is 31.9 Å². The highest BCUT2D eigenvalue weighted by Gasteiger charge is 2.33. The summed E-state index contributed by atoms with van der Waals surface area (Å²) in [7, 11) is 1.84. The standard InChI is InChI=1S/C22H33N5O3/c1-3-29-11-12-30-19-7-5-18(6-8-19)14-24-15-22(28)9-4-10-27(16-22)21-13-20(23-2)25-17-26-21/h5-8,13,17,24,28H,3-4,9-12,14-16H2,1-2H3,(H,23,25,26)/t22-/m0/s1. The Bertz CT molecular complexity index is 774. The van der Waals surface area contributed by atoms with Crippen LogP contribution in [0.1, 0.15) is 25.3 Å². The minimum absolute atomic E-state index is 0.528. The molecule has 0 saturated carbocycles. The Labute approximate surface area is 178 Å². The minimum atomic E-state index is -0.786. The second kappa shape index (κ2) is 11.1. The lowest BCUT2D eigenvalue weighted by atomic mass is 9.92. The van der Waals surface area contributed by atoms with Crippen LogP contribution >= 0.6 is 0 Å². The van der Waals surface area contributed by atoms with Crippen LogP contribution in [0.3, 0.4) is 0 Å². The average Bonchev–Trinajstić information content (AvgIpc) is 2.78. The molecule has 164 valence electrons. The molecule has 1 saturated heterocycles. The third kappa shape index (κ3) is 6.55. The van der Waals surface area contributed by atoms with E-state index in [4.69, 9.17) is 9.47 Å². The number of β-amino-alcohol motifs (C(OH)–C–C–N with tert-alkyl or cyclic N) is 1. The average molecular weight is 416 g/mol. The summed E-state index contributed by atoms with van der Waals surface area (Å²) in [6, 6.07) is 9.93. The summed E-state index contributed by atoms with van der Waals surface area (Å²) in [5.74, 6) is 2.45. The van der Waals surface area contributed by atoms with Gasteiger partial charge in [-0.15, -0.1) is 0 Å². The highest BCUT2D eigenvalue weighted by molar-refractivity contribution is 5.48. The number of benzene rings is 1. The molecular formula is C22H33N5O3. The Morgan fingerprint density at radius 1 is 1.20 bits per heavy atom. The zero-order chi connectivity index (χ0) is 21.2. The molecular weight excluding hydrogens is 382 g/mol. The van der Waals surface area contributed by atoms with Crippen LogP contribution in [0.4, 0.5) is 11.6 Å². The van der Waals surface area contributed by atoms with E-state index in [1.54, 1.807) is 6.33 Å². The molecule has 8 nitrogen and oxygen atoms in total. The van der Waals surface area contributed by atoms with Gasteiger partial charge in [0.1, 0.15) is 30.3 Å². The molecule has 0 aliphatic carbocycles. The van der Waals surface area contributed by atoms with Crippen molar-refractivity contribution in [2.75, 3.05) is 56.7 Å². The lowest BCUT2D eigenvalue weighted by Crippen LogP contribution is -2.53. The Morgan fingerprint density at radius 2 is 2.03 bits per heavy atom. The van der Waals surface area contributed by atoms with Gasteiger partial charge in [0.05, 0.1) is 12.2 Å². The van der Waals surface area contributed by atoms with Gasteiger partial charge >= 0.3 is 0 Å². The summed E-state index contributed by atoms with van der Waals surface area (Å²) in [5, 5.41) is 17.5. The normalized spacial score (nSPS) is 19.0. The van der Waals surface area contributed by atoms with Crippen LogP contribution in [0.5, 0.6) is 5.75 Å². The quantitative estimate of drug-likeness (QED) is 0.481. The smallest absolute Gasteiger partial charge is 0.134 e. The van der Waals surface area contributed by atoms with Gasteiger partial charge in [-0.05, 0) is 37.5 Å². The first-order chi connectivity index (χ1) is 14.6. The maximum absolute atomic E-state index is 11.1. The van der Waals surface area contributed by atoms with Crippen LogP contribution in [-0.4, -0.2) is 67.2 Å². The minimum Gasteiger partial charge on any atom is -0.491 e. The molecule has 0 amide bonds. The fourth-order valence-corrected chi connectivity index (χ4v) is 3.61. The number of rotatable bonds is 11. The molecule has 1 aliphatic rings. The van der Waals surface area contributed by atoms with E-state index in [1.165, 1.54) is 0 Å². The first-order valence-electron chi connectivity index (χ1n) is 10.6. The van der Waals surface area contributed by atoms with Crippen molar-refractivity contribution in [1.82, 2.24) is 15.3 Å². The predicted molar refractivity (Wildman–Crippen MR) is 118 cm³/mol. The van der Waals surface area contributed by atoms with E-state index in [0.29, 0.717) is 39.5 Å². The van der Waals surface area contributed by atoms with Gasteiger partial charge in [-0.25, -0.2) is 9.97 Å². The van der Waals surface area contributed by atoms with Crippen molar-refractivity contribution in [3.8, 4) is 5.75 Å². The maximum atomic E-state index is 11.1. The second-order valence-electron chi connectivity index (χ2n) is 7.55. The first kappa shape index (κ1) is 22.3. The molecule has 3 N–H and O–H groups in total. The van der Waals surface area contributed by atoms with E-state index in [-0.39, 0.29) is 0 Å². The lowest BCUT2D eigenvalue weighted by Gasteiger charge is -2.40. The third-order valence-electron chi connectivity index (χ3n) is 5.20. The lowest BCUT2D eigenvalue weighted by molar-refractivity contribution is 0.0259. The summed E-state index contributed by atoms with van der Waals surface area (Å²) in [5.41, 5.74) is 0.364. The molecule has 8 heteroatoms. The number of aromatic nitrogens is 2. The molecule has 2 aromatic rings. The topological polar surface area (TPSA) is 91.8 Å². The Morgan fingerprint density at radius 3 is 2.80 bits per heavy atom. The molecule has 2 heterocycles. The molecule has 1 aromatic carbocycles. The first-order valence-corrected chi connectivity index (χ1v) is 10.6. The van der Waals surface area contributed by atoms with Gasteiger partial charge in [-0.1, -0.05) is 12.1 Å². The monoisotopic (exact) mass is 415 g/mol. The van der Waals surface area contributed by atoms with Crippen LogP contribution in [0.2, 0.25) is 0 Å². The number of ether oxygens (including phenoxy) is 2. The number of aliphatic hydroxyl groups is 1. The molecule has 3 rings (SSSR count). The van der Waals surface area contributed by atoms with Crippen LogP contribution in [0.15, 0.2) is 36.7 Å². The van der Waals surface area contributed by atoms with Gasteiger partial charge in [0.15, 0.2) is 0 Å². The zero-order valence-electron chi connectivity index (χ0n) is 17.9. The number of hydrogen-bond donors (Lipinski definition) is 3. The van der Waals surface area contributed by atoms with Crippen LogP contribution in [0, 0.1) is 0 Å². The predicted octanol–water partition coefficient (Wildman–Crippen LogP) is 2.05. The molecule has 0 spiro atoms. The fourth-order valence-electron chi connectivity index (χ4n) is 3.61. The molecule has 1 aliphatic heterocycles. The molecule has 1 atom stereocenters. The SMILES string of the molecule is CCOCCOc1ccc(CNC[C@@]2(O)CCCN(c3cc(NC)ncn3)C2)cc1. The van der Waals surface area contributed by atoms with Gasteiger partial charge < -0.3 is 30.1 Å². The number of piperidine rings is 1. The summed E-state index contributed by atoms with van der Waals surface area (Å²) in [6.45, 7) is 6.48. The van der Waals surface area contributed by atoms with Crippen molar-refractivity contribution in [2.24, 2.45) is 0 Å². The summed E-state index contributed by atoms with van der Waals surface area (Å²) in [6.07, 6.45) is 3.25. The van der Waals surface area contributed by atoms with E-state index in [9.17, 15) is 5.11 Å². The number of nitrogens with zero attached hydrogens (tertiary/aromatic N) is 3. The van der Waals surface area contributed by atoms with E-state index in [1.807, 2.05) is 44.3 Å². The zero-order valence-corrected chi connectivity index (χ0v) is 17.9. The summed E-state index contributed by atoms with van der Waals surface area (Å²) < 4.78 is 10.9.